The van der Waals surface area contributed by atoms with Crippen LogP contribution < -0.4 is 5.32 Å². The number of hydrogen-bond acceptors (Lipinski definition) is 3. The molecular formula is C12H24N2OS. The van der Waals surface area contributed by atoms with Gasteiger partial charge >= 0.3 is 0 Å². The second-order valence-electron chi connectivity index (χ2n) is 5.00. The summed E-state index contributed by atoms with van der Waals surface area (Å²) < 4.78 is 11.3. The predicted molar refractivity (Wildman–Crippen MR) is 69.1 cm³/mol. The first-order valence-corrected chi connectivity index (χ1v) is 8.09. The molecule has 0 bridgehead atoms. The van der Waals surface area contributed by atoms with Gasteiger partial charge in [-0.15, -0.1) is 0 Å². The largest absolute Gasteiger partial charge is 0.314 e. The van der Waals surface area contributed by atoms with Gasteiger partial charge in [0.15, 0.2) is 0 Å². The van der Waals surface area contributed by atoms with E-state index in [0.717, 1.165) is 43.1 Å². The molecule has 2 aliphatic rings. The molecule has 94 valence electrons. The molecule has 2 fully saturated rings. The average molecular weight is 244 g/mol. The topological polar surface area (TPSA) is 32.3 Å². The summed E-state index contributed by atoms with van der Waals surface area (Å²) in [7, 11) is -0.533. The van der Waals surface area contributed by atoms with Crippen molar-refractivity contribution in [1.29, 1.82) is 0 Å². The van der Waals surface area contributed by atoms with Crippen LogP contribution >= 0.6 is 0 Å². The van der Waals surface area contributed by atoms with Crippen molar-refractivity contribution < 1.29 is 4.21 Å². The highest BCUT2D eigenvalue weighted by Gasteiger charge is 2.28. The van der Waals surface area contributed by atoms with Crippen LogP contribution in [0.2, 0.25) is 0 Å². The number of rotatable bonds is 4. The van der Waals surface area contributed by atoms with Gasteiger partial charge < -0.3 is 10.2 Å². The van der Waals surface area contributed by atoms with Crippen molar-refractivity contribution in [3.05, 3.63) is 0 Å². The van der Waals surface area contributed by atoms with Crippen LogP contribution in [-0.2, 0) is 10.8 Å². The Kier molecular flexibility index (Phi) is 4.79. The molecule has 2 atom stereocenters. The lowest BCUT2D eigenvalue weighted by atomic mass is 10.0. The maximum atomic E-state index is 11.3. The Morgan fingerprint density at radius 3 is 2.75 bits per heavy atom. The van der Waals surface area contributed by atoms with Crippen LogP contribution in [0.25, 0.3) is 0 Å². The Morgan fingerprint density at radius 1 is 1.31 bits per heavy atom. The van der Waals surface area contributed by atoms with Crippen LogP contribution in [0, 0.1) is 5.92 Å². The maximum Gasteiger partial charge on any atom is 0.0363 e. The van der Waals surface area contributed by atoms with Crippen LogP contribution in [0.5, 0.6) is 0 Å². The molecule has 1 saturated carbocycles. The number of nitrogens with one attached hydrogen (secondary N) is 1. The minimum absolute atomic E-state index is 0.533. The highest BCUT2D eigenvalue weighted by Crippen LogP contribution is 2.26. The third-order valence-electron chi connectivity index (χ3n) is 3.89. The highest BCUT2D eigenvalue weighted by molar-refractivity contribution is 7.85. The maximum absolute atomic E-state index is 11.3. The van der Waals surface area contributed by atoms with Crippen LogP contribution in [0.15, 0.2) is 0 Å². The van der Waals surface area contributed by atoms with E-state index in [0.29, 0.717) is 0 Å². The van der Waals surface area contributed by atoms with Gasteiger partial charge in [-0.2, -0.15) is 0 Å². The number of hydrogen-bond donors (Lipinski definition) is 1. The van der Waals surface area contributed by atoms with Crippen molar-refractivity contribution in [3.8, 4) is 0 Å². The Balaban J connectivity index is 1.77. The summed E-state index contributed by atoms with van der Waals surface area (Å²) in [6, 6.07) is 0.734. The standard InChI is InChI=1S/C12H24N2OS/c1-2-13-12-5-3-4-11(12)10-14-6-8-16(15)9-7-14/h11-13H,2-10H2,1H3. The summed E-state index contributed by atoms with van der Waals surface area (Å²) in [6.45, 7) is 6.59. The summed E-state index contributed by atoms with van der Waals surface area (Å²) in [4.78, 5) is 2.52. The van der Waals surface area contributed by atoms with Crippen LogP contribution in [-0.4, -0.2) is 52.8 Å². The molecule has 1 aliphatic carbocycles. The van der Waals surface area contributed by atoms with Crippen molar-refractivity contribution in [2.24, 2.45) is 5.92 Å². The van der Waals surface area contributed by atoms with Gasteiger partial charge in [-0.3, -0.25) is 4.21 Å². The molecule has 2 rings (SSSR count). The minimum atomic E-state index is -0.533. The SMILES string of the molecule is CCNC1CCCC1CN1CCS(=O)CC1. The van der Waals surface area contributed by atoms with Gasteiger partial charge in [-0.05, 0) is 25.3 Å². The van der Waals surface area contributed by atoms with Crippen LogP contribution in [0.4, 0.5) is 0 Å². The first kappa shape index (κ1) is 12.5. The Labute approximate surface area is 101 Å². The van der Waals surface area contributed by atoms with E-state index in [2.05, 4.69) is 17.1 Å². The minimum Gasteiger partial charge on any atom is -0.314 e. The fraction of sp³-hybridized carbons (Fsp3) is 1.00. The predicted octanol–water partition coefficient (Wildman–Crippen LogP) is 0.829. The van der Waals surface area contributed by atoms with Gasteiger partial charge in [0.05, 0.1) is 0 Å². The summed E-state index contributed by atoms with van der Waals surface area (Å²) in [5.41, 5.74) is 0. The molecule has 4 heteroatoms. The Morgan fingerprint density at radius 2 is 2.06 bits per heavy atom. The quantitative estimate of drug-likeness (QED) is 0.795. The van der Waals surface area contributed by atoms with Gasteiger partial charge in [-0.1, -0.05) is 13.3 Å². The molecular weight excluding hydrogens is 220 g/mol. The van der Waals surface area contributed by atoms with Crippen molar-refractivity contribution in [2.45, 2.75) is 32.2 Å². The Hall–Kier alpha value is 0.0700. The third-order valence-corrected chi connectivity index (χ3v) is 5.16. The van der Waals surface area contributed by atoms with E-state index < -0.39 is 10.8 Å². The zero-order valence-corrected chi connectivity index (χ0v) is 11.1. The normalized spacial score (nSPS) is 33.3. The zero-order valence-electron chi connectivity index (χ0n) is 10.3. The molecule has 1 N–H and O–H groups in total. The molecule has 0 aromatic heterocycles. The van der Waals surface area contributed by atoms with Crippen molar-refractivity contribution in [3.63, 3.8) is 0 Å². The van der Waals surface area contributed by atoms with Crippen molar-refractivity contribution in [2.75, 3.05) is 37.7 Å². The van der Waals surface area contributed by atoms with Crippen molar-refractivity contribution in [1.82, 2.24) is 10.2 Å². The van der Waals surface area contributed by atoms with Crippen LogP contribution in [0.3, 0.4) is 0 Å². The Bertz CT molecular complexity index is 237. The molecule has 1 saturated heterocycles. The second kappa shape index (κ2) is 6.12. The van der Waals surface area contributed by atoms with Crippen molar-refractivity contribution >= 4 is 10.8 Å². The highest BCUT2D eigenvalue weighted by atomic mass is 32.2. The number of nitrogens with zero attached hydrogens (tertiary/aromatic N) is 1. The van der Waals surface area contributed by atoms with E-state index in [4.69, 9.17) is 0 Å². The zero-order chi connectivity index (χ0) is 11.4. The lowest BCUT2D eigenvalue weighted by Crippen LogP contribution is -2.44. The van der Waals surface area contributed by atoms with Crippen LogP contribution in [0.1, 0.15) is 26.2 Å². The molecule has 0 radical (unpaired) electrons. The van der Waals surface area contributed by atoms with E-state index in [1.807, 2.05) is 0 Å². The smallest absolute Gasteiger partial charge is 0.0363 e. The van der Waals surface area contributed by atoms with E-state index in [1.165, 1.54) is 25.8 Å². The molecule has 1 aliphatic heterocycles. The van der Waals surface area contributed by atoms with Gasteiger partial charge in [-0.25, -0.2) is 0 Å². The summed E-state index contributed by atoms with van der Waals surface area (Å²) in [5, 5.41) is 3.61. The molecule has 2 unspecified atom stereocenters. The first-order valence-electron chi connectivity index (χ1n) is 6.60. The van der Waals surface area contributed by atoms with Gasteiger partial charge in [0.25, 0.3) is 0 Å². The molecule has 0 spiro atoms. The summed E-state index contributed by atoms with van der Waals surface area (Å²) in [6.07, 6.45) is 4.09. The fourth-order valence-corrected chi connectivity index (χ4v) is 4.10. The lowest BCUT2D eigenvalue weighted by Gasteiger charge is -2.31. The summed E-state index contributed by atoms with van der Waals surface area (Å²) in [5.74, 6) is 2.60. The molecule has 1 heterocycles. The van der Waals surface area contributed by atoms with Gasteiger partial charge in [0.1, 0.15) is 0 Å². The molecule has 3 nitrogen and oxygen atoms in total. The van der Waals surface area contributed by atoms with E-state index >= 15 is 0 Å². The molecule has 0 amide bonds. The lowest BCUT2D eigenvalue weighted by molar-refractivity contribution is 0.230. The fourth-order valence-electron chi connectivity index (χ4n) is 2.98. The van der Waals surface area contributed by atoms with Gasteiger partial charge in [0, 0.05) is 48.0 Å². The average Bonchev–Trinajstić information content (AvgIpc) is 2.70. The molecule has 16 heavy (non-hydrogen) atoms. The monoisotopic (exact) mass is 244 g/mol. The third kappa shape index (κ3) is 3.28. The van der Waals surface area contributed by atoms with E-state index in [9.17, 15) is 4.21 Å². The van der Waals surface area contributed by atoms with E-state index in [1.54, 1.807) is 0 Å². The second-order valence-corrected chi connectivity index (χ2v) is 6.70. The summed E-state index contributed by atoms with van der Waals surface area (Å²) >= 11 is 0. The van der Waals surface area contributed by atoms with Gasteiger partial charge in [0.2, 0.25) is 0 Å². The molecule has 0 aromatic carbocycles. The molecule has 0 aromatic rings. The van der Waals surface area contributed by atoms with E-state index in [-0.39, 0.29) is 0 Å². The first-order chi connectivity index (χ1) is 7.79.